The highest BCUT2D eigenvalue weighted by Gasteiger charge is 2.20. The molecule has 0 bridgehead atoms. The topological polar surface area (TPSA) is 18.5 Å². The Morgan fingerprint density at radius 1 is 1.18 bits per heavy atom. The molecule has 0 unspecified atom stereocenters. The number of rotatable bonds is 5. The van der Waals surface area contributed by atoms with Gasteiger partial charge in [-0.2, -0.15) is 0 Å². The van der Waals surface area contributed by atoms with Gasteiger partial charge in [-0.1, -0.05) is 26.0 Å². The van der Waals surface area contributed by atoms with Crippen molar-refractivity contribution in [2.75, 3.05) is 19.8 Å². The second-order valence-corrected chi connectivity index (χ2v) is 4.76. The van der Waals surface area contributed by atoms with Crippen molar-refractivity contribution in [3.63, 3.8) is 0 Å². The lowest BCUT2D eigenvalue weighted by molar-refractivity contribution is -0.0510. The van der Waals surface area contributed by atoms with Gasteiger partial charge >= 0.3 is 0 Å². The van der Waals surface area contributed by atoms with Gasteiger partial charge in [-0.15, -0.1) is 0 Å². The molecular weight excluding hydrogens is 212 g/mol. The highest BCUT2D eigenvalue weighted by Crippen LogP contribution is 2.28. The third-order valence-corrected chi connectivity index (χ3v) is 3.53. The van der Waals surface area contributed by atoms with E-state index < -0.39 is 0 Å². The summed E-state index contributed by atoms with van der Waals surface area (Å²) in [4.78, 5) is 0. The summed E-state index contributed by atoms with van der Waals surface area (Å²) in [5, 5.41) is 0. The zero-order valence-electron chi connectivity index (χ0n) is 11.1. The molecule has 1 aliphatic rings. The van der Waals surface area contributed by atoms with Crippen LogP contribution in [0.2, 0.25) is 0 Å². The summed E-state index contributed by atoms with van der Waals surface area (Å²) in [7, 11) is 0. The van der Waals surface area contributed by atoms with Crippen LogP contribution in [0.15, 0.2) is 12.1 Å². The molecule has 0 N–H and O–H groups in total. The molecule has 0 saturated carbocycles. The first kappa shape index (κ1) is 12.4. The summed E-state index contributed by atoms with van der Waals surface area (Å²) in [6.45, 7) is 9.05. The highest BCUT2D eigenvalue weighted by molar-refractivity contribution is 5.45. The summed E-state index contributed by atoms with van der Waals surface area (Å²) in [5.41, 5.74) is 4.02. The van der Waals surface area contributed by atoms with E-state index in [1.165, 1.54) is 16.7 Å². The third-order valence-electron chi connectivity index (χ3n) is 3.53. The number of benzene rings is 1. The molecule has 17 heavy (non-hydrogen) atoms. The van der Waals surface area contributed by atoms with Crippen LogP contribution in [0.3, 0.4) is 0 Å². The van der Waals surface area contributed by atoms with Crippen molar-refractivity contribution in [2.24, 2.45) is 5.92 Å². The number of ether oxygens (including phenoxy) is 2. The lowest BCUT2D eigenvalue weighted by Gasteiger charge is -2.27. The van der Waals surface area contributed by atoms with Gasteiger partial charge < -0.3 is 9.47 Å². The van der Waals surface area contributed by atoms with Crippen molar-refractivity contribution >= 4 is 0 Å². The van der Waals surface area contributed by atoms with Gasteiger partial charge in [-0.25, -0.2) is 0 Å². The predicted octanol–water partition coefficient (Wildman–Crippen LogP) is 3.15. The molecule has 94 valence electrons. The Bertz CT molecular complexity index is 381. The van der Waals surface area contributed by atoms with Crippen LogP contribution in [0.5, 0.6) is 5.75 Å². The van der Waals surface area contributed by atoms with Crippen LogP contribution in [-0.2, 0) is 17.6 Å². The normalized spacial score (nSPS) is 15.7. The Hall–Kier alpha value is -1.02. The molecule has 1 heterocycles. The molecule has 0 aliphatic carbocycles. The lowest BCUT2D eigenvalue weighted by Crippen LogP contribution is -2.32. The van der Waals surface area contributed by atoms with Crippen molar-refractivity contribution in [2.45, 2.75) is 33.6 Å². The molecule has 1 aliphatic heterocycles. The first-order chi connectivity index (χ1) is 8.26. The smallest absolute Gasteiger partial charge is 0.125 e. The van der Waals surface area contributed by atoms with Crippen LogP contribution >= 0.6 is 0 Å². The summed E-state index contributed by atoms with van der Waals surface area (Å²) >= 11 is 0. The van der Waals surface area contributed by atoms with Crippen molar-refractivity contribution in [1.82, 2.24) is 0 Å². The zero-order valence-corrected chi connectivity index (χ0v) is 11.1. The van der Waals surface area contributed by atoms with Gasteiger partial charge in [0.2, 0.25) is 0 Å². The van der Waals surface area contributed by atoms with Crippen LogP contribution in [-0.4, -0.2) is 19.8 Å². The van der Waals surface area contributed by atoms with E-state index in [4.69, 9.17) is 9.47 Å². The standard InChI is InChI=1S/C15H22O2/c1-4-13-6-7-14(5-2)15(11(13)3)17-10-12-8-16-9-12/h6-7,12H,4-5,8-10H2,1-3H3. The maximum Gasteiger partial charge on any atom is 0.125 e. The van der Waals surface area contributed by atoms with E-state index >= 15 is 0 Å². The van der Waals surface area contributed by atoms with Gasteiger partial charge in [0.05, 0.1) is 19.8 Å². The largest absolute Gasteiger partial charge is 0.493 e. The molecule has 0 atom stereocenters. The van der Waals surface area contributed by atoms with Crippen LogP contribution in [0, 0.1) is 12.8 Å². The molecule has 1 fully saturated rings. The minimum absolute atomic E-state index is 0.587. The minimum Gasteiger partial charge on any atom is -0.493 e. The second-order valence-electron chi connectivity index (χ2n) is 4.76. The van der Waals surface area contributed by atoms with Gasteiger partial charge in [0.15, 0.2) is 0 Å². The van der Waals surface area contributed by atoms with Gasteiger partial charge in [-0.05, 0) is 36.5 Å². The van der Waals surface area contributed by atoms with E-state index in [1.807, 2.05) is 0 Å². The summed E-state index contributed by atoms with van der Waals surface area (Å²) in [6, 6.07) is 4.44. The summed E-state index contributed by atoms with van der Waals surface area (Å²) in [6.07, 6.45) is 2.10. The Kier molecular flexibility index (Phi) is 4.06. The van der Waals surface area contributed by atoms with Crippen molar-refractivity contribution < 1.29 is 9.47 Å². The quantitative estimate of drug-likeness (QED) is 0.779. The van der Waals surface area contributed by atoms with Crippen molar-refractivity contribution in [3.8, 4) is 5.75 Å². The molecule has 1 aromatic carbocycles. The van der Waals surface area contributed by atoms with Crippen LogP contribution in [0.4, 0.5) is 0 Å². The molecular formula is C15H22O2. The molecule has 2 nitrogen and oxygen atoms in total. The fraction of sp³-hybridized carbons (Fsp3) is 0.600. The fourth-order valence-corrected chi connectivity index (χ4v) is 2.23. The van der Waals surface area contributed by atoms with Gasteiger partial charge in [0, 0.05) is 5.92 Å². The maximum absolute atomic E-state index is 6.03. The van der Waals surface area contributed by atoms with Crippen molar-refractivity contribution in [3.05, 3.63) is 28.8 Å². The van der Waals surface area contributed by atoms with E-state index in [-0.39, 0.29) is 0 Å². The van der Waals surface area contributed by atoms with Crippen LogP contribution in [0.1, 0.15) is 30.5 Å². The van der Waals surface area contributed by atoms with Crippen LogP contribution < -0.4 is 4.74 Å². The SMILES string of the molecule is CCc1ccc(CC)c(OCC2COC2)c1C. The monoisotopic (exact) mass is 234 g/mol. The Morgan fingerprint density at radius 2 is 1.82 bits per heavy atom. The number of hydrogen-bond acceptors (Lipinski definition) is 2. The fourth-order valence-electron chi connectivity index (χ4n) is 2.23. The van der Waals surface area contributed by atoms with Crippen molar-refractivity contribution in [1.29, 1.82) is 0 Å². The Morgan fingerprint density at radius 3 is 2.35 bits per heavy atom. The molecule has 1 saturated heterocycles. The molecule has 2 heteroatoms. The molecule has 1 aromatic rings. The zero-order chi connectivity index (χ0) is 12.3. The maximum atomic E-state index is 6.03. The first-order valence-electron chi connectivity index (χ1n) is 6.58. The van der Waals surface area contributed by atoms with E-state index in [0.717, 1.165) is 38.4 Å². The highest BCUT2D eigenvalue weighted by atomic mass is 16.5. The number of aryl methyl sites for hydroxylation is 2. The average molecular weight is 234 g/mol. The number of hydrogen-bond donors (Lipinski definition) is 0. The van der Waals surface area contributed by atoms with E-state index in [1.54, 1.807) is 0 Å². The lowest BCUT2D eigenvalue weighted by atomic mass is 10.00. The predicted molar refractivity (Wildman–Crippen MR) is 69.7 cm³/mol. The Balaban J connectivity index is 2.15. The van der Waals surface area contributed by atoms with Gasteiger partial charge in [-0.3, -0.25) is 0 Å². The average Bonchev–Trinajstić information content (AvgIpc) is 2.28. The molecule has 0 radical (unpaired) electrons. The van der Waals surface area contributed by atoms with E-state index in [9.17, 15) is 0 Å². The molecule has 2 rings (SSSR count). The molecule has 0 spiro atoms. The minimum atomic E-state index is 0.587. The second kappa shape index (κ2) is 5.54. The Labute approximate surface area is 104 Å². The van der Waals surface area contributed by atoms with E-state index in [0.29, 0.717) is 5.92 Å². The summed E-state index contributed by atoms with van der Waals surface area (Å²) in [5.74, 6) is 1.70. The van der Waals surface area contributed by atoms with Gasteiger partial charge in [0.25, 0.3) is 0 Å². The molecule has 0 amide bonds. The first-order valence-corrected chi connectivity index (χ1v) is 6.58. The third kappa shape index (κ3) is 2.63. The van der Waals surface area contributed by atoms with Gasteiger partial charge in [0.1, 0.15) is 5.75 Å². The van der Waals surface area contributed by atoms with Crippen LogP contribution in [0.25, 0.3) is 0 Å². The molecule has 0 aromatic heterocycles. The van der Waals surface area contributed by atoms with E-state index in [2.05, 4.69) is 32.9 Å². The summed E-state index contributed by atoms with van der Waals surface area (Å²) < 4.78 is 11.2.